The summed E-state index contributed by atoms with van der Waals surface area (Å²) in [7, 11) is 1.84. The normalized spacial score (nSPS) is 16.1. The number of urea groups is 1. The molecule has 6 nitrogen and oxygen atoms in total. The number of nitrogens with zero attached hydrogens (tertiary/aromatic N) is 3. The summed E-state index contributed by atoms with van der Waals surface area (Å²) in [6.07, 6.45) is 3.60. The predicted octanol–water partition coefficient (Wildman–Crippen LogP) is 3.91. The molecule has 1 N–H and O–H groups in total. The van der Waals surface area contributed by atoms with Crippen LogP contribution in [0.3, 0.4) is 0 Å². The lowest BCUT2D eigenvalue weighted by Crippen LogP contribution is -2.45. The third kappa shape index (κ3) is 3.73. The van der Waals surface area contributed by atoms with E-state index >= 15 is 0 Å². The third-order valence-electron chi connectivity index (χ3n) is 5.56. The van der Waals surface area contributed by atoms with Crippen LogP contribution in [-0.2, 0) is 4.74 Å². The molecule has 146 valence electrons. The Morgan fingerprint density at radius 1 is 1.18 bits per heavy atom. The zero-order chi connectivity index (χ0) is 19.5. The molecule has 2 amide bonds. The average molecular weight is 378 g/mol. The van der Waals surface area contributed by atoms with Crippen molar-refractivity contribution in [2.75, 3.05) is 20.3 Å². The Morgan fingerprint density at radius 2 is 1.89 bits per heavy atom. The topological polar surface area (TPSA) is 59.4 Å². The summed E-state index contributed by atoms with van der Waals surface area (Å²) < 4.78 is 7.43. The SMILES string of the molecule is C[C@@H](c1ccc(-n2cnc3ccccc32)cc1)N(C)C(=O)NC1CCOCC1. The highest BCUT2D eigenvalue weighted by Crippen LogP contribution is 2.23. The fraction of sp³-hybridized carbons (Fsp3) is 0.364. The van der Waals surface area contributed by atoms with Crippen LogP contribution in [0, 0.1) is 0 Å². The highest BCUT2D eigenvalue weighted by molar-refractivity contribution is 5.77. The molecule has 1 aromatic heterocycles. The molecule has 1 aliphatic rings. The lowest BCUT2D eigenvalue weighted by Gasteiger charge is -2.30. The number of amides is 2. The van der Waals surface area contributed by atoms with Gasteiger partial charge in [0.2, 0.25) is 0 Å². The first-order chi connectivity index (χ1) is 13.6. The first-order valence-electron chi connectivity index (χ1n) is 9.77. The van der Waals surface area contributed by atoms with Crippen molar-refractivity contribution >= 4 is 17.1 Å². The van der Waals surface area contributed by atoms with E-state index in [9.17, 15) is 4.79 Å². The van der Waals surface area contributed by atoms with Crippen molar-refractivity contribution in [3.63, 3.8) is 0 Å². The number of hydrogen-bond acceptors (Lipinski definition) is 3. The Morgan fingerprint density at radius 3 is 2.64 bits per heavy atom. The van der Waals surface area contributed by atoms with Gasteiger partial charge in [0.15, 0.2) is 0 Å². The molecular formula is C22H26N4O2. The minimum absolute atomic E-state index is 0.0200. The molecule has 6 heteroatoms. The molecule has 2 aromatic carbocycles. The van der Waals surface area contributed by atoms with Crippen LogP contribution in [0.15, 0.2) is 54.9 Å². The van der Waals surface area contributed by atoms with Gasteiger partial charge in [0.1, 0.15) is 6.33 Å². The number of ether oxygens (including phenoxy) is 1. The lowest BCUT2D eigenvalue weighted by molar-refractivity contribution is 0.0779. The van der Waals surface area contributed by atoms with E-state index in [1.807, 2.05) is 38.5 Å². The summed E-state index contributed by atoms with van der Waals surface area (Å²) in [5.41, 5.74) is 4.21. The number of aromatic nitrogens is 2. The fourth-order valence-corrected chi connectivity index (χ4v) is 3.60. The molecular weight excluding hydrogens is 352 g/mol. The van der Waals surface area contributed by atoms with Crippen molar-refractivity contribution in [2.45, 2.75) is 31.8 Å². The van der Waals surface area contributed by atoms with E-state index in [1.54, 1.807) is 4.90 Å². The van der Waals surface area contributed by atoms with Gasteiger partial charge in [-0.25, -0.2) is 9.78 Å². The quantitative estimate of drug-likeness (QED) is 0.749. The second-order valence-corrected chi connectivity index (χ2v) is 7.32. The summed E-state index contributed by atoms with van der Waals surface area (Å²) in [6.45, 7) is 3.48. The first-order valence-corrected chi connectivity index (χ1v) is 9.77. The maximum absolute atomic E-state index is 12.6. The van der Waals surface area contributed by atoms with E-state index < -0.39 is 0 Å². The number of fused-ring (bicyclic) bond motifs is 1. The molecule has 1 saturated heterocycles. The zero-order valence-electron chi connectivity index (χ0n) is 16.3. The summed E-state index contributed by atoms with van der Waals surface area (Å²) >= 11 is 0. The van der Waals surface area contributed by atoms with E-state index in [2.05, 4.69) is 45.2 Å². The minimum atomic E-state index is -0.0379. The van der Waals surface area contributed by atoms with Gasteiger partial charge in [-0.05, 0) is 49.6 Å². The van der Waals surface area contributed by atoms with Gasteiger partial charge < -0.3 is 15.0 Å². The predicted molar refractivity (Wildman–Crippen MR) is 110 cm³/mol. The summed E-state index contributed by atoms with van der Waals surface area (Å²) in [5.74, 6) is 0. The number of para-hydroxylation sites is 2. The standard InChI is InChI=1S/C22H26N4O2/c1-16(25(2)22(27)24-18-11-13-28-14-12-18)17-7-9-19(10-8-17)26-15-23-20-5-3-4-6-21(20)26/h3-10,15-16,18H,11-14H2,1-2H3,(H,24,27)/t16-/m0/s1. The second kappa shape index (κ2) is 8.02. The van der Waals surface area contributed by atoms with Crippen molar-refractivity contribution in [1.29, 1.82) is 0 Å². The van der Waals surface area contributed by atoms with Crippen molar-refractivity contribution in [1.82, 2.24) is 19.8 Å². The molecule has 0 radical (unpaired) electrons. The number of carbonyl (C=O) groups excluding carboxylic acids is 1. The summed E-state index contributed by atoms with van der Waals surface area (Å²) in [5, 5.41) is 3.12. The van der Waals surface area contributed by atoms with Gasteiger partial charge in [-0.15, -0.1) is 0 Å². The van der Waals surface area contributed by atoms with Crippen LogP contribution in [0.1, 0.15) is 31.4 Å². The molecule has 0 saturated carbocycles. The van der Waals surface area contributed by atoms with Gasteiger partial charge in [0, 0.05) is 32.0 Å². The van der Waals surface area contributed by atoms with Crippen LogP contribution in [0.5, 0.6) is 0 Å². The molecule has 0 bridgehead atoms. The van der Waals surface area contributed by atoms with Crippen LogP contribution in [0.2, 0.25) is 0 Å². The molecule has 1 aliphatic heterocycles. The van der Waals surface area contributed by atoms with Gasteiger partial charge in [0.25, 0.3) is 0 Å². The van der Waals surface area contributed by atoms with E-state index in [1.165, 1.54) is 0 Å². The number of hydrogen-bond donors (Lipinski definition) is 1. The van der Waals surface area contributed by atoms with Gasteiger partial charge in [-0.3, -0.25) is 4.57 Å². The maximum atomic E-state index is 12.6. The number of benzene rings is 2. The molecule has 1 fully saturated rings. The number of imidazole rings is 1. The van der Waals surface area contributed by atoms with Crippen molar-refractivity contribution < 1.29 is 9.53 Å². The number of rotatable bonds is 4. The van der Waals surface area contributed by atoms with E-state index in [0.717, 1.165) is 35.1 Å². The summed E-state index contributed by atoms with van der Waals surface area (Å²) in [6, 6.07) is 16.5. The second-order valence-electron chi connectivity index (χ2n) is 7.32. The summed E-state index contributed by atoms with van der Waals surface area (Å²) in [4.78, 5) is 18.8. The molecule has 3 aromatic rings. The first kappa shape index (κ1) is 18.5. The number of carbonyl (C=O) groups is 1. The molecule has 0 aliphatic carbocycles. The van der Waals surface area contributed by atoms with Crippen LogP contribution in [0.25, 0.3) is 16.7 Å². The van der Waals surface area contributed by atoms with Gasteiger partial charge in [-0.1, -0.05) is 24.3 Å². The van der Waals surface area contributed by atoms with E-state index in [4.69, 9.17) is 4.74 Å². The van der Waals surface area contributed by atoms with Crippen LogP contribution < -0.4 is 5.32 Å². The largest absolute Gasteiger partial charge is 0.381 e. The molecule has 0 unspecified atom stereocenters. The molecule has 28 heavy (non-hydrogen) atoms. The minimum Gasteiger partial charge on any atom is -0.381 e. The van der Waals surface area contributed by atoms with Crippen LogP contribution in [0.4, 0.5) is 4.79 Å². The lowest BCUT2D eigenvalue weighted by atomic mass is 10.1. The average Bonchev–Trinajstić information content (AvgIpc) is 3.17. The Kier molecular flexibility index (Phi) is 5.30. The smallest absolute Gasteiger partial charge is 0.317 e. The maximum Gasteiger partial charge on any atom is 0.317 e. The van der Waals surface area contributed by atoms with Crippen LogP contribution in [-0.4, -0.2) is 46.8 Å². The van der Waals surface area contributed by atoms with E-state index in [0.29, 0.717) is 13.2 Å². The molecule has 4 rings (SSSR count). The van der Waals surface area contributed by atoms with E-state index in [-0.39, 0.29) is 18.1 Å². The number of nitrogens with one attached hydrogen (secondary N) is 1. The van der Waals surface area contributed by atoms with Crippen LogP contribution >= 0.6 is 0 Å². The third-order valence-corrected chi connectivity index (χ3v) is 5.56. The van der Waals surface area contributed by atoms with Crippen molar-refractivity contribution in [3.05, 3.63) is 60.4 Å². The Bertz CT molecular complexity index is 945. The highest BCUT2D eigenvalue weighted by atomic mass is 16.5. The molecule has 0 spiro atoms. The Balaban J connectivity index is 1.46. The van der Waals surface area contributed by atoms with Crippen molar-refractivity contribution in [3.8, 4) is 5.69 Å². The zero-order valence-corrected chi connectivity index (χ0v) is 16.3. The van der Waals surface area contributed by atoms with Crippen molar-refractivity contribution in [2.24, 2.45) is 0 Å². The molecule has 2 heterocycles. The molecule has 1 atom stereocenters. The highest BCUT2D eigenvalue weighted by Gasteiger charge is 2.22. The fourth-order valence-electron chi connectivity index (χ4n) is 3.60. The van der Waals surface area contributed by atoms with Gasteiger partial charge in [0.05, 0.1) is 17.1 Å². The Labute approximate surface area is 165 Å². The van der Waals surface area contributed by atoms with Gasteiger partial charge in [-0.2, -0.15) is 0 Å². The van der Waals surface area contributed by atoms with Gasteiger partial charge >= 0.3 is 6.03 Å². The Hall–Kier alpha value is -2.86. The monoisotopic (exact) mass is 378 g/mol.